The van der Waals surface area contributed by atoms with Gasteiger partial charge in [0.25, 0.3) is 11.6 Å². The normalized spacial score (nSPS) is 11.4. The van der Waals surface area contributed by atoms with Crippen LogP contribution in [0.1, 0.15) is 17.2 Å². The Balaban J connectivity index is 1.27. The number of hydrogen-bond donors (Lipinski definition) is 0. The van der Waals surface area contributed by atoms with Crippen LogP contribution in [0, 0.1) is 20.8 Å². The van der Waals surface area contributed by atoms with E-state index in [2.05, 4.69) is 215 Å². The minimum atomic E-state index is 1.14. The molecule has 0 radical (unpaired) electrons. The number of benzene rings is 7. The molecular formula is C47H38N4+2. The Morgan fingerprint density at radius 3 is 1.18 bits per heavy atom. The van der Waals surface area contributed by atoms with E-state index in [1.807, 2.05) is 0 Å². The number of hydrogen-bond acceptors (Lipinski definition) is 0. The minimum absolute atomic E-state index is 1.14. The molecule has 0 unspecified atom stereocenters. The average Bonchev–Trinajstić information content (AvgIpc) is 3.65. The van der Waals surface area contributed by atoms with Gasteiger partial charge in [0.2, 0.25) is 0 Å². The monoisotopic (exact) mass is 658 g/mol. The number of para-hydroxylation sites is 6. The van der Waals surface area contributed by atoms with Crippen molar-refractivity contribution >= 4 is 22.1 Å². The molecule has 0 aliphatic rings. The second kappa shape index (κ2) is 12.4. The lowest BCUT2D eigenvalue weighted by molar-refractivity contribution is -0.574. The highest BCUT2D eigenvalue weighted by Crippen LogP contribution is 2.33. The van der Waals surface area contributed by atoms with Crippen molar-refractivity contribution < 1.29 is 9.13 Å². The average molecular weight is 659 g/mol. The lowest BCUT2D eigenvalue weighted by Crippen LogP contribution is -2.34. The maximum absolute atomic E-state index is 2.43. The van der Waals surface area contributed by atoms with Crippen molar-refractivity contribution in [3.8, 4) is 45.0 Å². The first-order valence-corrected chi connectivity index (χ1v) is 17.6. The quantitative estimate of drug-likeness (QED) is 0.158. The third kappa shape index (κ3) is 4.91. The summed E-state index contributed by atoms with van der Waals surface area (Å²) in [5.74, 6) is 2.28. The second-order valence-corrected chi connectivity index (χ2v) is 13.1. The van der Waals surface area contributed by atoms with Crippen molar-refractivity contribution in [3.63, 3.8) is 0 Å². The molecule has 0 aliphatic heterocycles. The van der Waals surface area contributed by atoms with E-state index in [4.69, 9.17) is 0 Å². The highest BCUT2D eigenvalue weighted by Gasteiger charge is 2.31. The molecule has 51 heavy (non-hydrogen) atoms. The van der Waals surface area contributed by atoms with Crippen LogP contribution in [0.4, 0.5) is 0 Å². The van der Waals surface area contributed by atoms with E-state index in [0.29, 0.717) is 0 Å². The number of aromatic nitrogens is 4. The molecule has 0 amide bonds. The van der Waals surface area contributed by atoms with Gasteiger partial charge < -0.3 is 0 Å². The summed E-state index contributed by atoms with van der Waals surface area (Å²) in [6.07, 6.45) is 0. The zero-order chi connectivity index (χ0) is 34.5. The van der Waals surface area contributed by atoms with Gasteiger partial charge in [0.15, 0.2) is 22.1 Å². The smallest absolute Gasteiger partial charge is 0.192 e. The third-order valence-corrected chi connectivity index (χ3v) is 10.2. The molecule has 244 valence electrons. The Labute approximate surface area is 298 Å². The lowest BCUT2D eigenvalue weighted by Gasteiger charge is -2.11. The second-order valence-electron chi connectivity index (χ2n) is 13.1. The van der Waals surface area contributed by atoms with Crippen LogP contribution >= 0.6 is 0 Å². The SMILES string of the molecule is Cc1c(-n2c(C)[n+](-c3ccccc3-c3ccccc3)c3ccccc32)cccc1-n1c(C)[n+](-c2ccccc2-c2ccccc2)c2ccccc21. The zero-order valence-corrected chi connectivity index (χ0v) is 29.0. The molecule has 0 fully saturated rings. The molecule has 2 aromatic heterocycles. The van der Waals surface area contributed by atoms with Gasteiger partial charge in [0.1, 0.15) is 22.7 Å². The van der Waals surface area contributed by atoms with E-state index in [1.54, 1.807) is 0 Å². The van der Waals surface area contributed by atoms with E-state index < -0.39 is 0 Å². The van der Waals surface area contributed by atoms with Crippen molar-refractivity contribution in [2.45, 2.75) is 20.8 Å². The van der Waals surface area contributed by atoms with Crippen molar-refractivity contribution in [1.29, 1.82) is 0 Å². The highest BCUT2D eigenvalue weighted by molar-refractivity contribution is 5.81. The van der Waals surface area contributed by atoms with Gasteiger partial charge in [0, 0.05) is 30.5 Å². The van der Waals surface area contributed by atoms with E-state index in [1.165, 1.54) is 49.9 Å². The lowest BCUT2D eigenvalue weighted by atomic mass is 10.0. The summed E-state index contributed by atoms with van der Waals surface area (Å²) < 4.78 is 9.68. The van der Waals surface area contributed by atoms with E-state index in [0.717, 1.165) is 34.4 Å². The molecule has 9 aromatic rings. The summed E-state index contributed by atoms with van der Waals surface area (Å²) in [7, 11) is 0. The summed E-state index contributed by atoms with van der Waals surface area (Å²) in [4.78, 5) is 0. The molecule has 0 N–H and O–H groups in total. The molecule has 0 spiro atoms. The van der Waals surface area contributed by atoms with Crippen molar-refractivity contribution in [2.75, 3.05) is 0 Å². The summed E-state index contributed by atoms with van der Waals surface area (Å²) in [6.45, 7) is 6.73. The van der Waals surface area contributed by atoms with E-state index >= 15 is 0 Å². The van der Waals surface area contributed by atoms with Crippen molar-refractivity contribution in [3.05, 3.63) is 193 Å². The summed E-state index contributed by atoms with van der Waals surface area (Å²) in [5, 5.41) is 0. The predicted molar refractivity (Wildman–Crippen MR) is 208 cm³/mol. The summed E-state index contributed by atoms with van der Waals surface area (Å²) >= 11 is 0. The molecule has 0 atom stereocenters. The molecule has 9 rings (SSSR count). The Morgan fingerprint density at radius 2 is 0.725 bits per heavy atom. The molecule has 0 saturated heterocycles. The van der Waals surface area contributed by atoms with Crippen molar-refractivity contribution in [2.24, 2.45) is 0 Å². The van der Waals surface area contributed by atoms with Crippen LogP contribution in [0.15, 0.2) is 176 Å². The first kappa shape index (κ1) is 30.5. The van der Waals surface area contributed by atoms with Crippen LogP contribution in [0.5, 0.6) is 0 Å². The standard InChI is InChI=1S/C47H38N4/c1-33-40(48-34(2)50(46-29-16-14-27-44(46)48)42-25-12-10-23-38(42)36-19-6-4-7-20-36)31-18-32-41(33)49-35(3)51(47-30-17-15-28-45(47)49)43-26-13-11-24-39(43)37-21-8-5-9-22-37/h4-32H,1-3H3/q+2. The Hall–Kier alpha value is -6.52. The molecule has 0 aliphatic carbocycles. The first-order chi connectivity index (χ1) is 25.1. The Kier molecular flexibility index (Phi) is 7.44. The van der Waals surface area contributed by atoms with Gasteiger partial charge in [-0.05, 0) is 66.6 Å². The number of fused-ring (bicyclic) bond motifs is 2. The van der Waals surface area contributed by atoms with Crippen LogP contribution in [0.2, 0.25) is 0 Å². The summed E-state index contributed by atoms with van der Waals surface area (Å²) in [6, 6.07) is 63.0. The van der Waals surface area contributed by atoms with Gasteiger partial charge in [-0.25, -0.2) is 0 Å². The number of nitrogens with zero attached hydrogens (tertiary/aromatic N) is 4. The van der Waals surface area contributed by atoms with Crippen LogP contribution < -0.4 is 9.13 Å². The summed E-state index contributed by atoms with van der Waals surface area (Å²) in [5.41, 5.74) is 15.3. The largest absolute Gasteiger partial charge is 0.264 e. The van der Waals surface area contributed by atoms with Gasteiger partial charge in [0.05, 0.1) is 0 Å². The fraction of sp³-hybridized carbons (Fsp3) is 0.0638. The minimum Gasteiger partial charge on any atom is -0.192 e. The van der Waals surface area contributed by atoms with E-state index in [-0.39, 0.29) is 0 Å². The van der Waals surface area contributed by atoms with Gasteiger partial charge >= 0.3 is 0 Å². The third-order valence-electron chi connectivity index (χ3n) is 10.2. The molecule has 4 heteroatoms. The van der Waals surface area contributed by atoms with Crippen LogP contribution in [0.25, 0.3) is 67.1 Å². The molecule has 4 nitrogen and oxygen atoms in total. The Morgan fingerprint density at radius 1 is 0.353 bits per heavy atom. The van der Waals surface area contributed by atoms with Crippen molar-refractivity contribution in [1.82, 2.24) is 9.13 Å². The van der Waals surface area contributed by atoms with Crippen LogP contribution in [0.3, 0.4) is 0 Å². The maximum Gasteiger partial charge on any atom is 0.264 e. The number of imidazole rings is 2. The van der Waals surface area contributed by atoms with Crippen LogP contribution in [-0.4, -0.2) is 9.13 Å². The molecule has 7 aromatic carbocycles. The molecule has 0 saturated carbocycles. The topological polar surface area (TPSA) is 17.6 Å². The van der Waals surface area contributed by atoms with Gasteiger partial charge in [-0.15, -0.1) is 0 Å². The number of rotatable bonds is 6. The van der Waals surface area contributed by atoms with Gasteiger partial charge in [-0.2, -0.15) is 18.3 Å². The van der Waals surface area contributed by atoms with Gasteiger partial charge in [-0.3, -0.25) is 0 Å². The van der Waals surface area contributed by atoms with Gasteiger partial charge in [-0.1, -0.05) is 127 Å². The Bertz CT molecular complexity index is 2530. The maximum atomic E-state index is 2.43. The predicted octanol–water partition coefficient (Wildman–Crippen LogP) is 10.4. The fourth-order valence-corrected chi connectivity index (χ4v) is 7.96. The molecular weight excluding hydrogens is 621 g/mol. The van der Waals surface area contributed by atoms with Crippen LogP contribution in [-0.2, 0) is 0 Å². The first-order valence-electron chi connectivity index (χ1n) is 17.6. The molecule has 2 heterocycles. The van der Waals surface area contributed by atoms with E-state index in [9.17, 15) is 0 Å². The zero-order valence-electron chi connectivity index (χ0n) is 29.0. The fourth-order valence-electron chi connectivity index (χ4n) is 7.96. The highest BCUT2D eigenvalue weighted by atomic mass is 15.2. The molecule has 0 bridgehead atoms.